The van der Waals surface area contributed by atoms with E-state index >= 15 is 0 Å². The van der Waals surface area contributed by atoms with Crippen LogP contribution in [0, 0.1) is 4.64 Å². The highest BCUT2D eigenvalue weighted by atomic mass is 32.1. The standard InChI is InChI=1S/C13H20N2OS/c1-4-13(3,16-5-2)12-14-10-8-6-7-9(10)11(17)15-12/h4-8H2,1-3H3,(H,14,15,17). The molecule has 0 saturated carbocycles. The zero-order chi connectivity index (χ0) is 12.5. The smallest absolute Gasteiger partial charge is 0.140 e. The molecule has 0 fully saturated rings. The second kappa shape index (κ2) is 4.86. The van der Waals surface area contributed by atoms with Crippen LogP contribution >= 0.6 is 12.2 Å². The first-order valence-corrected chi connectivity index (χ1v) is 6.78. The van der Waals surface area contributed by atoms with Gasteiger partial charge in [0.2, 0.25) is 0 Å². The number of ether oxygens (including phenoxy) is 1. The molecule has 0 bridgehead atoms. The van der Waals surface area contributed by atoms with Crippen molar-refractivity contribution in [2.45, 2.75) is 52.1 Å². The highest BCUT2D eigenvalue weighted by Gasteiger charge is 2.29. The van der Waals surface area contributed by atoms with E-state index < -0.39 is 0 Å². The van der Waals surface area contributed by atoms with Crippen molar-refractivity contribution in [3.8, 4) is 0 Å². The number of aryl methyl sites for hydroxylation is 1. The van der Waals surface area contributed by atoms with Gasteiger partial charge >= 0.3 is 0 Å². The number of rotatable bonds is 4. The third-order valence-electron chi connectivity index (χ3n) is 3.60. The Labute approximate surface area is 108 Å². The van der Waals surface area contributed by atoms with Crippen molar-refractivity contribution in [3.63, 3.8) is 0 Å². The highest BCUT2D eigenvalue weighted by Crippen LogP contribution is 2.29. The molecule has 1 aliphatic carbocycles. The molecule has 0 radical (unpaired) electrons. The second-order valence-corrected chi connectivity index (χ2v) is 5.11. The largest absolute Gasteiger partial charge is 0.368 e. The van der Waals surface area contributed by atoms with Crippen LogP contribution < -0.4 is 0 Å². The molecule has 2 rings (SSSR count). The third kappa shape index (κ3) is 2.29. The van der Waals surface area contributed by atoms with Gasteiger partial charge in [-0.2, -0.15) is 0 Å². The van der Waals surface area contributed by atoms with E-state index in [0.29, 0.717) is 6.61 Å². The summed E-state index contributed by atoms with van der Waals surface area (Å²) in [5.74, 6) is 0.882. The fourth-order valence-electron chi connectivity index (χ4n) is 2.36. The molecule has 4 heteroatoms. The zero-order valence-corrected chi connectivity index (χ0v) is 11.6. The van der Waals surface area contributed by atoms with E-state index in [9.17, 15) is 0 Å². The fourth-order valence-corrected chi connectivity index (χ4v) is 2.68. The Balaban J connectivity index is 2.46. The number of nitrogens with zero attached hydrogens (tertiary/aromatic N) is 1. The fraction of sp³-hybridized carbons (Fsp3) is 0.692. The lowest BCUT2D eigenvalue weighted by Crippen LogP contribution is -2.28. The van der Waals surface area contributed by atoms with Gasteiger partial charge in [-0.3, -0.25) is 0 Å². The lowest BCUT2D eigenvalue weighted by Gasteiger charge is -2.27. The summed E-state index contributed by atoms with van der Waals surface area (Å²) in [5.41, 5.74) is 2.15. The maximum absolute atomic E-state index is 5.84. The molecule has 0 spiro atoms. The van der Waals surface area contributed by atoms with Crippen molar-refractivity contribution in [2.24, 2.45) is 0 Å². The van der Waals surface area contributed by atoms with E-state index in [1.165, 1.54) is 17.7 Å². The van der Waals surface area contributed by atoms with Crippen molar-refractivity contribution < 1.29 is 4.74 Å². The van der Waals surface area contributed by atoms with Crippen LogP contribution in [0.2, 0.25) is 0 Å². The topological polar surface area (TPSA) is 37.9 Å². The quantitative estimate of drug-likeness (QED) is 0.836. The molecule has 1 aromatic heterocycles. The van der Waals surface area contributed by atoms with Crippen molar-refractivity contribution >= 4 is 12.2 Å². The third-order valence-corrected chi connectivity index (χ3v) is 3.93. The maximum atomic E-state index is 5.84. The van der Waals surface area contributed by atoms with E-state index in [4.69, 9.17) is 17.0 Å². The van der Waals surface area contributed by atoms with Crippen LogP contribution in [0.1, 0.15) is 50.7 Å². The zero-order valence-electron chi connectivity index (χ0n) is 10.8. The first-order valence-electron chi connectivity index (χ1n) is 6.37. The monoisotopic (exact) mass is 252 g/mol. The number of fused-ring (bicyclic) bond motifs is 1. The van der Waals surface area contributed by atoms with Crippen molar-refractivity contribution in [2.75, 3.05) is 6.61 Å². The summed E-state index contributed by atoms with van der Waals surface area (Å²) in [4.78, 5) is 7.98. The summed E-state index contributed by atoms with van der Waals surface area (Å²) < 4.78 is 6.59. The Morgan fingerprint density at radius 1 is 1.41 bits per heavy atom. The van der Waals surface area contributed by atoms with E-state index in [2.05, 4.69) is 23.8 Å². The van der Waals surface area contributed by atoms with E-state index in [1.54, 1.807) is 0 Å². The first kappa shape index (κ1) is 12.7. The van der Waals surface area contributed by atoms with Gasteiger partial charge in [0.05, 0.1) is 0 Å². The maximum Gasteiger partial charge on any atom is 0.140 e. The normalized spacial score (nSPS) is 17.8. The minimum Gasteiger partial charge on any atom is -0.368 e. The Kier molecular flexibility index (Phi) is 3.64. The lowest BCUT2D eigenvalue weighted by atomic mass is 10.0. The Morgan fingerprint density at radius 3 is 2.82 bits per heavy atom. The van der Waals surface area contributed by atoms with Crippen LogP contribution in [0.3, 0.4) is 0 Å². The summed E-state index contributed by atoms with van der Waals surface area (Å²) in [7, 11) is 0. The number of nitrogens with one attached hydrogen (secondary N) is 1. The second-order valence-electron chi connectivity index (χ2n) is 4.72. The molecule has 1 aliphatic rings. The molecular weight excluding hydrogens is 232 g/mol. The highest BCUT2D eigenvalue weighted by molar-refractivity contribution is 7.71. The number of H-pyrrole nitrogens is 1. The minimum absolute atomic E-state index is 0.347. The van der Waals surface area contributed by atoms with Crippen molar-refractivity contribution in [1.29, 1.82) is 0 Å². The molecule has 3 nitrogen and oxygen atoms in total. The lowest BCUT2D eigenvalue weighted by molar-refractivity contribution is -0.0392. The minimum atomic E-state index is -0.347. The molecule has 1 atom stereocenters. The summed E-state index contributed by atoms with van der Waals surface area (Å²) in [5, 5.41) is 0. The summed E-state index contributed by atoms with van der Waals surface area (Å²) >= 11 is 5.38. The van der Waals surface area contributed by atoms with Gasteiger partial charge in [0.25, 0.3) is 0 Å². The number of aromatic amines is 1. The van der Waals surface area contributed by atoms with E-state index in [1.807, 2.05) is 6.92 Å². The van der Waals surface area contributed by atoms with Crippen molar-refractivity contribution in [3.05, 3.63) is 21.7 Å². The average Bonchev–Trinajstić information content (AvgIpc) is 2.78. The van der Waals surface area contributed by atoms with Gasteiger partial charge in [0.1, 0.15) is 16.1 Å². The van der Waals surface area contributed by atoms with Crippen LogP contribution in [0.4, 0.5) is 0 Å². The van der Waals surface area contributed by atoms with Gasteiger partial charge in [0, 0.05) is 17.9 Å². The van der Waals surface area contributed by atoms with Gasteiger partial charge in [0.15, 0.2) is 0 Å². The molecule has 0 aliphatic heterocycles. The summed E-state index contributed by atoms with van der Waals surface area (Å²) in [6.45, 7) is 6.88. The molecule has 1 N–H and O–H groups in total. The summed E-state index contributed by atoms with van der Waals surface area (Å²) in [6.07, 6.45) is 4.21. The molecule has 1 unspecified atom stereocenters. The summed E-state index contributed by atoms with van der Waals surface area (Å²) in [6, 6.07) is 0. The molecule has 0 aromatic carbocycles. The SMILES string of the molecule is CCOC(C)(CC)c1nc(=S)c2c([nH]1)CCC2. The predicted octanol–water partition coefficient (Wildman–Crippen LogP) is 3.29. The number of aromatic nitrogens is 2. The van der Waals surface area contributed by atoms with Crippen molar-refractivity contribution in [1.82, 2.24) is 9.97 Å². The molecule has 0 amide bonds. The van der Waals surface area contributed by atoms with Gasteiger partial charge in [-0.1, -0.05) is 19.1 Å². The molecule has 1 aromatic rings. The van der Waals surface area contributed by atoms with Crippen LogP contribution in [0.5, 0.6) is 0 Å². The van der Waals surface area contributed by atoms with Gasteiger partial charge < -0.3 is 9.72 Å². The van der Waals surface area contributed by atoms with Crippen LogP contribution in [-0.2, 0) is 23.2 Å². The number of hydrogen-bond acceptors (Lipinski definition) is 3. The van der Waals surface area contributed by atoms with Gasteiger partial charge in [-0.25, -0.2) is 4.98 Å². The van der Waals surface area contributed by atoms with Crippen LogP contribution in [0.15, 0.2) is 0 Å². The van der Waals surface area contributed by atoms with Gasteiger partial charge in [-0.15, -0.1) is 0 Å². The predicted molar refractivity (Wildman–Crippen MR) is 70.7 cm³/mol. The molecule has 0 saturated heterocycles. The van der Waals surface area contributed by atoms with Crippen LogP contribution in [0.25, 0.3) is 0 Å². The first-order chi connectivity index (χ1) is 8.10. The Hall–Kier alpha value is -0.740. The van der Waals surface area contributed by atoms with E-state index in [0.717, 1.165) is 29.7 Å². The van der Waals surface area contributed by atoms with E-state index in [-0.39, 0.29) is 5.60 Å². The van der Waals surface area contributed by atoms with Gasteiger partial charge in [-0.05, 0) is 39.5 Å². The molecular formula is C13H20N2OS. The van der Waals surface area contributed by atoms with Crippen LogP contribution in [-0.4, -0.2) is 16.6 Å². The molecule has 17 heavy (non-hydrogen) atoms. The molecule has 94 valence electrons. The Bertz CT molecular complexity index is 469. The average molecular weight is 252 g/mol. The molecule has 1 heterocycles. The number of hydrogen-bond donors (Lipinski definition) is 1. The Morgan fingerprint density at radius 2 is 2.18 bits per heavy atom.